The second-order valence-corrected chi connectivity index (χ2v) is 9.95. The molecule has 1 aliphatic rings. The Morgan fingerprint density at radius 3 is 2.42 bits per heavy atom. The van der Waals surface area contributed by atoms with Gasteiger partial charge in [0.25, 0.3) is 0 Å². The summed E-state index contributed by atoms with van der Waals surface area (Å²) < 4.78 is 37.3. The van der Waals surface area contributed by atoms with Gasteiger partial charge in [0, 0.05) is 37.3 Å². The Hall–Kier alpha value is -3.55. The van der Waals surface area contributed by atoms with Gasteiger partial charge in [0.05, 0.1) is 14.2 Å². The van der Waals surface area contributed by atoms with Gasteiger partial charge in [0.2, 0.25) is 5.91 Å². The molecule has 2 aromatic carbocycles. The Bertz CT molecular complexity index is 1220. The van der Waals surface area contributed by atoms with E-state index in [1.807, 2.05) is 18.2 Å². The molecule has 0 spiro atoms. The number of nitrogens with zero attached hydrogens (tertiary/aromatic N) is 2. The molecular formula is C30H35F2N3O3. The molecule has 1 N–H and O–H groups in total. The molecule has 1 aromatic heterocycles. The lowest BCUT2D eigenvalue weighted by Crippen LogP contribution is -2.32. The van der Waals surface area contributed by atoms with E-state index in [1.165, 1.54) is 12.1 Å². The number of halogens is 2. The van der Waals surface area contributed by atoms with Crippen LogP contribution in [-0.2, 0) is 17.6 Å². The van der Waals surface area contributed by atoms with Crippen LogP contribution < -0.4 is 14.8 Å². The minimum absolute atomic E-state index is 0.00137. The Labute approximate surface area is 222 Å². The summed E-state index contributed by atoms with van der Waals surface area (Å²) in [5, 5.41) is 3.08. The number of amides is 1. The van der Waals surface area contributed by atoms with E-state index in [-0.39, 0.29) is 5.91 Å². The molecule has 2 unspecified atom stereocenters. The zero-order valence-electron chi connectivity index (χ0n) is 22.0. The molecule has 0 radical (unpaired) electrons. The van der Waals surface area contributed by atoms with Crippen LogP contribution in [0.1, 0.15) is 49.9 Å². The fraction of sp³-hybridized carbons (Fsp3) is 0.433. The van der Waals surface area contributed by atoms with E-state index in [9.17, 15) is 13.6 Å². The Morgan fingerprint density at radius 1 is 0.921 bits per heavy atom. The molecule has 0 saturated heterocycles. The summed E-state index contributed by atoms with van der Waals surface area (Å²) in [4.78, 5) is 21.3. The van der Waals surface area contributed by atoms with Crippen LogP contribution in [-0.4, -0.2) is 36.6 Å². The Kier molecular flexibility index (Phi) is 9.62. The summed E-state index contributed by atoms with van der Waals surface area (Å²) in [5.74, 6) is 1.31. The third-order valence-electron chi connectivity index (χ3n) is 7.30. The largest absolute Gasteiger partial charge is 0.493 e. The van der Waals surface area contributed by atoms with Crippen LogP contribution in [0.5, 0.6) is 11.5 Å². The second-order valence-electron chi connectivity index (χ2n) is 9.95. The molecule has 3 aromatic rings. The lowest BCUT2D eigenvalue weighted by atomic mass is 9.79. The summed E-state index contributed by atoms with van der Waals surface area (Å²) >= 11 is 0. The number of carbonyl (C=O) groups is 1. The zero-order chi connectivity index (χ0) is 26.9. The Morgan fingerprint density at radius 2 is 1.68 bits per heavy atom. The summed E-state index contributed by atoms with van der Waals surface area (Å²) in [6.07, 6.45) is 10.4. The summed E-state index contributed by atoms with van der Waals surface area (Å²) in [5.41, 5.74) is 2.61. The highest BCUT2D eigenvalue weighted by molar-refractivity contribution is 5.76. The van der Waals surface area contributed by atoms with Crippen molar-refractivity contribution in [3.8, 4) is 22.6 Å². The molecule has 1 saturated carbocycles. The number of rotatable bonds is 11. The zero-order valence-corrected chi connectivity index (χ0v) is 22.0. The maximum atomic E-state index is 13.5. The first-order valence-electron chi connectivity index (χ1n) is 13.2. The van der Waals surface area contributed by atoms with E-state index < -0.39 is 11.6 Å². The van der Waals surface area contributed by atoms with Gasteiger partial charge in [-0.2, -0.15) is 0 Å². The summed E-state index contributed by atoms with van der Waals surface area (Å²) in [6, 6.07) is 9.79. The quantitative estimate of drug-likeness (QED) is 0.337. The number of aromatic nitrogens is 2. The van der Waals surface area contributed by atoms with Gasteiger partial charge in [0.1, 0.15) is 5.82 Å². The van der Waals surface area contributed by atoms with Crippen molar-refractivity contribution in [2.24, 2.45) is 11.8 Å². The molecule has 8 heteroatoms. The van der Waals surface area contributed by atoms with Crippen LogP contribution in [0.3, 0.4) is 0 Å². The first-order chi connectivity index (χ1) is 18.4. The molecule has 2 atom stereocenters. The summed E-state index contributed by atoms with van der Waals surface area (Å²) in [6.45, 7) is 0.666. The van der Waals surface area contributed by atoms with E-state index >= 15 is 0 Å². The average molecular weight is 524 g/mol. The van der Waals surface area contributed by atoms with Gasteiger partial charge in [-0.15, -0.1) is 0 Å². The van der Waals surface area contributed by atoms with E-state index in [0.717, 1.165) is 55.2 Å². The minimum atomic E-state index is -0.805. The van der Waals surface area contributed by atoms with Gasteiger partial charge in [0.15, 0.2) is 23.1 Å². The third-order valence-corrected chi connectivity index (χ3v) is 7.30. The van der Waals surface area contributed by atoms with Crippen LogP contribution in [0.2, 0.25) is 0 Å². The number of carbonyl (C=O) groups excluding carboxylic acids is 1. The average Bonchev–Trinajstić information content (AvgIpc) is 2.95. The van der Waals surface area contributed by atoms with E-state index in [0.29, 0.717) is 48.5 Å². The number of ether oxygens (including phenoxy) is 2. The number of methoxy groups -OCH3 is 2. The van der Waals surface area contributed by atoms with Gasteiger partial charge in [-0.25, -0.2) is 18.7 Å². The maximum Gasteiger partial charge on any atom is 0.220 e. The molecule has 1 aliphatic carbocycles. The predicted molar refractivity (Wildman–Crippen MR) is 142 cm³/mol. The molecule has 1 amide bonds. The van der Waals surface area contributed by atoms with Crippen LogP contribution in [0.25, 0.3) is 11.1 Å². The van der Waals surface area contributed by atoms with Crippen molar-refractivity contribution >= 4 is 5.91 Å². The highest BCUT2D eigenvalue weighted by Gasteiger charge is 2.22. The number of nitrogens with one attached hydrogen (secondary N) is 1. The SMILES string of the molecule is COc1ccc(-c2cnc(CCC(=O)NCC3CCCC(CCc4ccc(F)c(F)c4)C3)nc2)cc1OC. The summed E-state index contributed by atoms with van der Waals surface area (Å²) in [7, 11) is 3.19. The maximum absolute atomic E-state index is 13.5. The third kappa shape index (κ3) is 7.49. The minimum Gasteiger partial charge on any atom is -0.493 e. The molecule has 0 bridgehead atoms. The van der Waals surface area contributed by atoms with Crippen LogP contribution >= 0.6 is 0 Å². The van der Waals surface area contributed by atoms with Crippen molar-refractivity contribution in [1.82, 2.24) is 15.3 Å². The molecule has 202 valence electrons. The number of benzene rings is 2. The van der Waals surface area contributed by atoms with Gasteiger partial charge in [-0.1, -0.05) is 25.0 Å². The highest BCUT2D eigenvalue weighted by atomic mass is 19.2. The predicted octanol–water partition coefficient (Wildman–Crippen LogP) is 5.93. The van der Waals surface area contributed by atoms with Gasteiger partial charge in [-0.3, -0.25) is 4.79 Å². The van der Waals surface area contributed by atoms with Gasteiger partial charge in [-0.05, 0) is 72.9 Å². The second kappa shape index (κ2) is 13.3. The van der Waals surface area contributed by atoms with Crippen LogP contribution in [0.15, 0.2) is 48.8 Å². The highest BCUT2D eigenvalue weighted by Crippen LogP contribution is 2.33. The fourth-order valence-corrected chi connectivity index (χ4v) is 5.14. The topological polar surface area (TPSA) is 73.3 Å². The van der Waals surface area contributed by atoms with Crippen molar-refractivity contribution in [1.29, 1.82) is 0 Å². The van der Waals surface area contributed by atoms with Gasteiger partial charge >= 0.3 is 0 Å². The molecule has 1 heterocycles. The molecular weight excluding hydrogens is 488 g/mol. The van der Waals surface area contributed by atoms with Crippen molar-refractivity contribution in [3.05, 3.63) is 71.8 Å². The standard InChI is InChI=1S/C30H35F2N3O3/c1-37-27-11-9-23(16-28(27)38-2)24-18-33-29(34-19-24)12-13-30(36)35-17-22-5-3-4-20(14-22)6-7-21-8-10-25(31)26(32)15-21/h8-11,15-16,18-20,22H,3-7,12-14,17H2,1-2H3,(H,35,36). The van der Waals surface area contributed by atoms with Crippen LogP contribution in [0, 0.1) is 23.5 Å². The molecule has 6 nitrogen and oxygen atoms in total. The monoisotopic (exact) mass is 523 g/mol. The molecule has 0 aliphatic heterocycles. The normalized spacial score (nSPS) is 17.2. The smallest absolute Gasteiger partial charge is 0.220 e. The van der Waals surface area contributed by atoms with Crippen molar-refractivity contribution in [3.63, 3.8) is 0 Å². The fourth-order valence-electron chi connectivity index (χ4n) is 5.14. The lowest BCUT2D eigenvalue weighted by molar-refractivity contribution is -0.121. The van der Waals surface area contributed by atoms with E-state index in [2.05, 4.69) is 15.3 Å². The lowest BCUT2D eigenvalue weighted by Gasteiger charge is -2.29. The molecule has 1 fully saturated rings. The van der Waals surface area contributed by atoms with E-state index in [4.69, 9.17) is 9.47 Å². The van der Waals surface area contributed by atoms with Crippen molar-refractivity contribution < 1.29 is 23.0 Å². The van der Waals surface area contributed by atoms with Crippen molar-refractivity contribution in [2.75, 3.05) is 20.8 Å². The van der Waals surface area contributed by atoms with Crippen LogP contribution in [0.4, 0.5) is 8.78 Å². The first-order valence-corrected chi connectivity index (χ1v) is 13.2. The molecule has 38 heavy (non-hydrogen) atoms. The Balaban J connectivity index is 1.19. The number of hydrogen-bond donors (Lipinski definition) is 1. The number of aryl methyl sites for hydroxylation is 2. The van der Waals surface area contributed by atoms with Crippen molar-refractivity contribution in [2.45, 2.75) is 51.4 Å². The number of hydrogen-bond acceptors (Lipinski definition) is 5. The first kappa shape index (κ1) is 27.5. The molecule has 4 rings (SSSR count). The van der Waals surface area contributed by atoms with E-state index in [1.54, 1.807) is 32.7 Å². The van der Waals surface area contributed by atoms with Gasteiger partial charge < -0.3 is 14.8 Å².